The fourth-order valence-corrected chi connectivity index (χ4v) is 1.33. The summed E-state index contributed by atoms with van der Waals surface area (Å²) in [7, 11) is 0. The Hall–Kier alpha value is -2.20. The van der Waals surface area contributed by atoms with Crippen LogP contribution in [0.2, 0.25) is 0 Å². The van der Waals surface area contributed by atoms with Crippen LogP contribution in [0.4, 0.5) is 5.69 Å². The zero-order chi connectivity index (χ0) is 12.1. The number of phenols is 1. The van der Waals surface area contributed by atoms with E-state index < -0.39 is 6.23 Å². The predicted molar refractivity (Wildman–Crippen MR) is 64.0 cm³/mol. The van der Waals surface area contributed by atoms with E-state index in [9.17, 15) is 5.11 Å². The summed E-state index contributed by atoms with van der Waals surface area (Å²) < 4.78 is 0. The second kappa shape index (κ2) is 5.23. The van der Waals surface area contributed by atoms with Gasteiger partial charge in [-0.15, -0.1) is 0 Å². The maximum absolute atomic E-state index is 9.73. The molecular weight excluding hydrogens is 216 g/mol. The minimum Gasteiger partial charge on any atom is -0.508 e. The third-order valence-electron chi connectivity index (χ3n) is 2.23. The van der Waals surface area contributed by atoms with Crippen molar-refractivity contribution in [3.8, 4) is 5.75 Å². The zero-order valence-electron chi connectivity index (χ0n) is 9.06. The number of aromatic hydroxyl groups is 1. The molecule has 2 aromatic carbocycles. The van der Waals surface area contributed by atoms with Crippen LogP contribution in [-0.2, 0) is 0 Å². The molecule has 0 bridgehead atoms. The van der Waals surface area contributed by atoms with E-state index in [4.69, 9.17) is 5.11 Å². The molecule has 0 heterocycles. The predicted octanol–water partition coefficient (Wildman–Crippen LogP) is 3.17. The molecule has 4 nitrogen and oxygen atoms in total. The molecule has 86 valence electrons. The number of rotatable bonds is 3. The van der Waals surface area contributed by atoms with Crippen molar-refractivity contribution < 1.29 is 10.2 Å². The highest BCUT2D eigenvalue weighted by Crippen LogP contribution is 2.20. The van der Waals surface area contributed by atoms with Crippen molar-refractivity contribution in [3.63, 3.8) is 0 Å². The Morgan fingerprint density at radius 3 is 2.18 bits per heavy atom. The standard InChI is InChI=1S/C13H12N2O2/c16-12-8-6-10(7-9-12)13(17)15-14-11-4-2-1-3-5-11/h1-9,13,16-17H. The van der Waals surface area contributed by atoms with Crippen LogP contribution in [0.25, 0.3) is 0 Å². The van der Waals surface area contributed by atoms with Crippen LogP contribution < -0.4 is 0 Å². The Labute approximate surface area is 98.9 Å². The lowest BCUT2D eigenvalue weighted by Crippen LogP contribution is -1.91. The molecular formula is C13H12N2O2. The summed E-state index contributed by atoms with van der Waals surface area (Å²) in [6.45, 7) is 0. The normalized spacial score (nSPS) is 12.8. The van der Waals surface area contributed by atoms with E-state index in [0.717, 1.165) is 0 Å². The van der Waals surface area contributed by atoms with Crippen LogP contribution in [0.3, 0.4) is 0 Å². The van der Waals surface area contributed by atoms with Gasteiger partial charge in [-0.2, -0.15) is 10.2 Å². The van der Waals surface area contributed by atoms with Crippen molar-refractivity contribution in [1.82, 2.24) is 0 Å². The fraction of sp³-hybridized carbons (Fsp3) is 0.0769. The van der Waals surface area contributed by atoms with Crippen molar-refractivity contribution in [2.24, 2.45) is 10.2 Å². The molecule has 0 saturated carbocycles. The SMILES string of the molecule is Oc1ccc(C(O)N=Nc2ccccc2)cc1. The molecule has 0 aliphatic rings. The van der Waals surface area contributed by atoms with Crippen molar-refractivity contribution in [2.45, 2.75) is 6.23 Å². The number of hydrogen-bond donors (Lipinski definition) is 2. The van der Waals surface area contributed by atoms with Crippen molar-refractivity contribution in [2.75, 3.05) is 0 Å². The highest BCUT2D eigenvalue weighted by atomic mass is 16.3. The summed E-state index contributed by atoms with van der Waals surface area (Å²) in [5.41, 5.74) is 1.27. The molecule has 0 aliphatic carbocycles. The minimum atomic E-state index is -1.02. The Morgan fingerprint density at radius 1 is 0.882 bits per heavy atom. The zero-order valence-corrected chi connectivity index (χ0v) is 9.06. The van der Waals surface area contributed by atoms with E-state index in [1.54, 1.807) is 24.3 Å². The highest BCUT2D eigenvalue weighted by Gasteiger charge is 2.04. The number of nitrogens with zero attached hydrogens (tertiary/aromatic N) is 2. The molecule has 0 aliphatic heterocycles. The smallest absolute Gasteiger partial charge is 0.192 e. The Balaban J connectivity index is 2.09. The van der Waals surface area contributed by atoms with Crippen LogP contribution in [0.1, 0.15) is 11.8 Å². The summed E-state index contributed by atoms with van der Waals surface area (Å²) in [4.78, 5) is 0. The first-order valence-electron chi connectivity index (χ1n) is 5.18. The largest absolute Gasteiger partial charge is 0.508 e. The van der Waals surface area contributed by atoms with Gasteiger partial charge in [0.25, 0.3) is 0 Å². The third-order valence-corrected chi connectivity index (χ3v) is 2.23. The lowest BCUT2D eigenvalue weighted by Gasteiger charge is -2.03. The second-order valence-electron chi connectivity index (χ2n) is 3.52. The molecule has 0 spiro atoms. The molecule has 0 radical (unpaired) electrons. The molecule has 0 fully saturated rings. The average molecular weight is 228 g/mol. The van der Waals surface area contributed by atoms with Gasteiger partial charge in [0.2, 0.25) is 0 Å². The summed E-state index contributed by atoms with van der Waals surface area (Å²) in [6.07, 6.45) is -1.02. The van der Waals surface area contributed by atoms with E-state index >= 15 is 0 Å². The van der Waals surface area contributed by atoms with Gasteiger partial charge in [0.1, 0.15) is 5.75 Å². The van der Waals surface area contributed by atoms with Gasteiger partial charge in [-0.3, -0.25) is 0 Å². The Morgan fingerprint density at radius 2 is 1.53 bits per heavy atom. The average Bonchev–Trinajstić information content (AvgIpc) is 2.38. The number of aliphatic hydroxyl groups excluding tert-OH is 1. The van der Waals surface area contributed by atoms with E-state index in [1.807, 2.05) is 18.2 Å². The van der Waals surface area contributed by atoms with Gasteiger partial charge in [-0.25, -0.2) is 0 Å². The van der Waals surface area contributed by atoms with Crippen molar-refractivity contribution >= 4 is 5.69 Å². The Kier molecular flexibility index (Phi) is 3.47. The molecule has 2 N–H and O–H groups in total. The number of benzene rings is 2. The molecule has 1 atom stereocenters. The fourth-order valence-electron chi connectivity index (χ4n) is 1.33. The number of aliphatic hydroxyl groups is 1. The quantitative estimate of drug-likeness (QED) is 0.792. The maximum atomic E-state index is 9.73. The first-order chi connectivity index (χ1) is 8.25. The van der Waals surface area contributed by atoms with Gasteiger partial charge >= 0.3 is 0 Å². The van der Waals surface area contributed by atoms with Crippen LogP contribution >= 0.6 is 0 Å². The van der Waals surface area contributed by atoms with E-state index in [0.29, 0.717) is 11.3 Å². The first kappa shape index (κ1) is 11.3. The van der Waals surface area contributed by atoms with Crippen molar-refractivity contribution in [3.05, 3.63) is 60.2 Å². The van der Waals surface area contributed by atoms with Crippen LogP contribution in [0.5, 0.6) is 5.75 Å². The van der Waals surface area contributed by atoms with E-state index in [2.05, 4.69) is 10.2 Å². The maximum Gasteiger partial charge on any atom is 0.192 e. The molecule has 17 heavy (non-hydrogen) atoms. The molecule has 0 saturated heterocycles. The van der Waals surface area contributed by atoms with Crippen LogP contribution in [0, 0.1) is 0 Å². The number of azo groups is 1. The molecule has 1 unspecified atom stereocenters. The molecule has 2 aromatic rings. The summed E-state index contributed by atoms with van der Waals surface area (Å²) in [5.74, 6) is 0.154. The number of hydrogen-bond acceptors (Lipinski definition) is 4. The van der Waals surface area contributed by atoms with Crippen molar-refractivity contribution in [1.29, 1.82) is 0 Å². The molecule has 0 aromatic heterocycles. The van der Waals surface area contributed by atoms with Gasteiger partial charge in [0.05, 0.1) is 5.69 Å². The van der Waals surface area contributed by atoms with Gasteiger partial charge in [0, 0.05) is 5.56 Å². The summed E-state index contributed by atoms with van der Waals surface area (Å²) >= 11 is 0. The van der Waals surface area contributed by atoms with E-state index in [1.165, 1.54) is 12.1 Å². The second-order valence-corrected chi connectivity index (χ2v) is 3.52. The highest BCUT2D eigenvalue weighted by molar-refractivity contribution is 5.35. The molecule has 4 heteroatoms. The number of phenolic OH excluding ortho intramolecular Hbond substituents is 1. The molecule has 0 amide bonds. The Bertz CT molecular complexity index is 495. The first-order valence-corrected chi connectivity index (χ1v) is 5.18. The molecule has 2 rings (SSSR count). The third kappa shape index (κ3) is 3.12. The summed E-state index contributed by atoms with van der Waals surface area (Å²) in [6, 6.07) is 15.4. The lowest BCUT2D eigenvalue weighted by atomic mass is 10.2. The van der Waals surface area contributed by atoms with Gasteiger partial charge < -0.3 is 10.2 Å². The minimum absolute atomic E-state index is 0.154. The topological polar surface area (TPSA) is 65.2 Å². The van der Waals surface area contributed by atoms with E-state index in [-0.39, 0.29) is 5.75 Å². The van der Waals surface area contributed by atoms with Gasteiger partial charge in [-0.05, 0) is 24.3 Å². The summed E-state index contributed by atoms with van der Waals surface area (Å²) in [5, 5.41) is 26.6. The van der Waals surface area contributed by atoms with Crippen LogP contribution in [0.15, 0.2) is 64.8 Å². The van der Waals surface area contributed by atoms with Gasteiger partial charge in [0.15, 0.2) is 6.23 Å². The van der Waals surface area contributed by atoms with Crippen LogP contribution in [-0.4, -0.2) is 10.2 Å². The lowest BCUT2D eigenvalue weighted by molar-refractivity contribution is 0.180. The monoisotopic (exact) mass is 228 g/mol. The van der Waals surface area contributed by atoms with Gasteiger partial charge in [-0.1, -0.05) is 30.3 Å².